The van der Waals surface area contributed by atoms with Crippen molar-refractivity contribution in [3.05, 3.63) is 136 Å². The number of ketones is 1. The maximum absolute atomic E-state index is 13.9. The van der Waals surface area contributed by atoms with Crippen LogP contribution >= 0.6 is 24.4 Å². The molecule has 4 nitrogen and oxygen atoms in total. The van der Waals surface area contributed by atoms with Crippen LogP contribution in [0.3, 0.4) is 0 Å². The molecule has 0 amide bonds. The summed E-state index contributed by atoms with van der Waals surface area (Å²) < 4.78 is 0. The lowest BCUT2D eigenvalue weighted by atomic mass is 9.67. The molecule has 4 aliphatic carbocycles. The third-order valence-electron chi connectivity index (χ3n) is 13.0. The second-order valence-electron chi connectivity index (χ2n) is 15.9. The number of thiol groups is 1. The van der Waals surface area contributed by atoms with Crippen molar-refractivity contribution in [1.82, 2.24) is 0 Å². The smallest absolute Gasteiger partial charge is 0.335 e. The van der Waals surface area contributed by atoms with Gasteiger partial charge in [0.05, 0.1) is 5.56 Å². The highest BCUT2D eigenvalue weighted by atomic mass is 32.2. The number of anilines is 2. The van der Waals surface area contributed by atoms with E-state index < -0.39 is 5.97 Å². The first-order valence-corrected chi connectivity index (χ1v) is 20.7. The number of carboxylic acids is 1. The zero-order chi connectivity index (χ0) is 35.9. The SMILES string of the molecule is CC1(C)c2ccccc2-c2cc(N3c4ccc(C5=CC(/C=C6\C(=O)c7ccc(C(=O)O)cc7C67CCCCC7)S5)cc4C4CCCC43)ccc21.CS. The Labute approximate surface area is 316 Å². The van der Waals surface area contributed by atoms with E-state index in [1.165, 1.54) is 68.9 Å². The number of fused-ring (bicyclic) bond motifs is 8. The van der Waals surface area contributed by atoms with Crippen molar-refractivity contribution >= 4 is 52.4 Å². The molecule has 52 heavy (non-hydrogen) atoms. The molecule has 0 bridgehead atoms. The normalized spacial score (nSPS) is 24.7. The van der Waals surface area contributed by atoms with Crippen molar-refractivity contribution in [3.63, 3.8) is 0 Å². The maximum Gasteiger partial charge on any atom is 0.335 e. The lowest BCUT2D eigenvalue weighted by Gasteiger charge is -2.36. The summed E-state index contributed by atoms with van der Waals surface area (Å²) in [5, 5.41) is 9.85. The van der Waals surface area contributed by atoms with Gasteiger partial charge in [-0.3, -0.25) is 4.79 Å². The third-order valence-corrected chi connectivity index (χ3v) is 14.2. The molecule has 2 fully saturated rings. The van der Waals surface area contributed by atoms with E-state index in [0.717, 1.165) is 43.2 Å². The number of carbonyl (C=O) groups is 2. The van der Waals surface area contributed by atoms with Crippen LogP contribution < -0.4 is 4.90 Å². The van der Waals surface area contributed by atoms with E-state index in [2.05, 4.69) is 104 Å². The van der Waals surface area contributed by atoms with E-state index in [1.807, 2.05) is 11.8 Å². The minimum absolute atomic E-state index is 0.00995. The van der Waals surface area contributed by atoms with E-state index in [4.69, 9.17) is 0 Å². The van der Waals surface area contributed by atoms with Crippen molar-refractivity contribution in [2.24, 2.45) is 0 Å². The quantitative estimate of drug-likeness (QED) is 0.162. The molecule has 0 aromatic heterocycles. The van der Waals surface area contributed by atoms with Gasteiger partial charge < -0.3 is 10.0 Å². The van der Waals surface area contributed by atoms with E-state index in [1.54, 1.807) is 24.5 Å². The number of thioether (sulfide) groups is 1. The number of benzene rings is 4. The second kappa shape index (κ2) is 12.6. The van der Waals surface area contributed by atoms with Crippen molar-refractivity contribution in [1.29, 1.82) is 0 Å². The molecule has 3 unspecified atom stereocenters. The molecule has 10 rings (SSSR count). The van der Waals surface area contributed by atoms with Crippen LogP contribution in [0.25, 0.3) is 16.0 Å². The van der Waals surface area contributed by atoms with E-state index in [-0.39, 0.29) is 27.4 Å². The Morgan fingerprint density at radius 1 is 0.846 bits per heavy atom. The summed E-state index contributed by atoms with van der Waals surface area (Å²) in [6.45, 7) is 4.70. The highest BCUT2D eigenvalue weighted by Gasteiger charge is 2.49. The van der Waals surface area contributed by atoms with Gasteiger partial charge in [0, 0.05) is 55.5 Å². The van der Waals surface area contributed by atoms with E-state index in [0.29, 0.717) is 17.5 Å². The standard InChI is InChI=1S/C45H41NO3S.CH4S/c1-44(2)35-11-5-4-9-30(35)33-23-28(15-17-36(33)44)46-39-12-8-10-31(39)34-21-26(14-18-40(34)46)41-25-29(50-41)24-38-42(47)32-16-13-27(43(48)49)22-37(32)45(38)19-6-3-7-20-45;1-2/h4-5,9,11,13-18,21-25,29,31,39H,3,6-8,10,12,19-20H2,1-2H3,(H,48,49);2H,1H3/b38-24+;. The Balaban J connectivity index is 0.00000177. The van der Waals surface area contributed by atoms with Crippen molar-refractivity contribution in [3.8, 4) is 11.1 Å². The zero-order valence-corrected chi connectivity index (χ0v) is 31.8. The topological polar surface area (TPSA) is 57.6 Å². The van der Waals surface area contributed by atoms with Crippen LogP contribution in [0.2, 0.25) is 0 Å². The van der Waals surface area contributed by atoms with Crippen LogP contribution in [0.15, 0.2) is 96.6 Å². The van der Waals surface area contributed by atoms with Crippen LogP contribution in [-0.4, -0.2) is 34.4 Å². The summed E-state index contributed by atoms with van der Waals surface area (Å²) in [7, 11) is 0. The summed E-state index contributed by atoms with van der Waals surface area (Å²) in [6.07, 6.45) is 15.0. The number of rotatable bonds is 4. The van der Waals surface area contributed by atoms with Crippen LogP contribution in [0.5, 0.6) is 0 Å². The van der Waals surface area contributed by atoms with Gasteiger partial charge >= 0.3 is 5.97 Å². The first kappa shape index (κ1) is 33.8. The number of carboxylic acid groups (broad SMARTS) is 1. The summed E-state index contributed by atoms with van der Waals surface area (Å²) in [5.41, 5.74) is 13.4. The van der Waals surface area contributed by atoms with Crippen LogP contribution in [0.1, 0.15) is 120 Å². The molecule has 264 valence electrons. The monoisotopic (exact) mass is 723 g/mol. The molecule has 2 saturated carbocycles. The molecular weight excluding hydrogens is 679 g/mol. The third kappa shape index (κ3) is 4.89. The predicted octanol–water partition coefficient (Wildman–Crippen LogP) is 11.5. The maximum atomic E-state index is 13.9. The molecule has 2 heterocycles. The number of allylic oxidation sites excluding steroid dienone is 1. The van der Waals surface area contributed by atoms with Crippen LogP contribution in [-0.2, 0) is 10.8 Å². The fourth-order valence-corrected chi connectivity index (χ4v) is 11.6. The van der Waals surface area contributed by atoms with Gasteiger partial charge in [-0.15, -0.1) is 11.8 Å². The van der Waals surface area contributed by atoms with Crippen molar-refractivity contribution in [2.45, 2.75) is 93.3 Å². The fourth-order valence-electron chi connectivity index (χ4n) is 10.6. The van der Waals surface area contributed by atoms with Gasteiger partial charge in [-0.2, -0.15) is 12.6 Å². The molecule has 0 saturated heterocycles. The van der Waals surface area contributed by atoms with Crippen LogP contribution in [0.4, 0.5) is 11.4 Å². The lowest BCUT2D eigenvalue weighted by molar-refractivity contribution is 0.0696. The number of nitrogens with zero attached hydrogens (tertiary/aromatic N) is 1. The number of hydrogen-bond acceptors (Lipinski definition) is 5. The van der Waals surface area contributed by atoms with Gasteiger partial charge in [-0.1, -0.05) is 88.1 Å². The summed E-state index contributed by atoms with van der Waals surface area (Å²) in [4.78, 5) is 29.6. The minimum Gasteiger partial charge on any atom is -0.478 e. The van der Waals surface area contributed by atoms with E-state index >= 15 is 0 Å². The van der Waals surface area contributed by atoms with Gasteiger partial charge in [0.2, 0.25) is 0 Å². The number of aromatic carboxylic acids is 1. The summed E-state index contributed by atoms with van der Waals surface area (Å²) in [6, 6.07) is 28.8. The number of hydrogen-bond donors (Lipinski definition) is 2. The Morgan fingerprint density at radius 2 is 1.62 bits per heavy atom. The molecule has 2 aliphatic heterocycles. The van der Waals surface area contributed by atoms with Gasteiger partial charge in [0.25, 0.3) is 0 Å². The minimum atomic E-state index is -0.936. The van der Waals surface area contributed by atoms with Gasteiger partial charge in [-0.25, -0.2) is 4.79 Å². The Morgan fingerprint density at radius 3 is 2.40 bits per heavy atom. The second-order valence-corrected chi connectivity index (χ2v) is 17.1. The average molecular weight is 724 g/mol. The lowest BCUT2D eigenvalue weighted by Crippen LogP contribution is -2.30. The molecule has 6 aliphatic rings. The van der Waals surface area contributed by atoms with Gasteiger partial charge in [0.1, 0.15) is 0 Å². The predicted molar refractivity (Wildman–Crippen MR) is 218 cm³/mol. The molecule has 1 spiro atoms. The Hall–Kier alpha value is -4.00. The molecule has 4 aromatic rings. The highest BCUT2D eigenvalue weighted by molar-refractivity contribution is 8.10. The first-order valence-electron chi connectivity index (χ1n) is 18.9. The Kier molecular flexibility index (Phi) is 8.16. The van der Waals surface area contributed by atoms with Crippen LogP contribution in [0, 0.1) is 0 Å². The van der Waals surface area contributed by atoms with Gasteiger partial charge in [0.15, 0.2) is 5.78 Å². The zero-order valence-electron chi connectivity index (χ0n) is 30.1. The molecular formula is C46H45NO3S2. The summed E-state index contributed by atoms with van der Waals surface area (Å²) in [5.74, 6) is -0.305. The highest BCUT2D eigenvalue weighted by Crippen LogP contribution is 2.57. The largest absolute Gasteiger partial charge is 0.478 e. The van der Waals surface area contributed by atoms with Crippen molar-refractivity contribution in [2.75, 3.05) is 11.2 Å². The number of Topliss-reactive ketones (excluding diaryl/α,β-unsaturated/α-hetero) is 1. The fraction of sp³-hybridized carbons (Fsp3) is 0.348. The van der Waals surface area contributed by atoms with Gasteiger partial charge in [-0.05, 0) is 113 Å². The summed E-state index contributed by atoms with van der Waals surface area (Å²) >= 11 is 5.38. The molecule has 6 heteroatoms. The molecule has 3 atom stereocenters. The molecule has 1 N–H and O–H groups in total. The molecule has 4 aromatic carbocycles. The Bertz CT molecular complexity index is 2220. The average Bonchev–Trinajstić information content (AvgIpc) is 3.86. The number of carbonyl (C=O) groups excluding carboxylic acids is 1. The van der Waals surface area contributed by atoms with E-state index in [9.17, 15) is 14.7 Å². The van der Waals surface area contributed by atoms with Crippen molar-refractivity contribution < 1.29 is 14.7 Å². The molecule has 0 radical (unpaired) electrons. The first-order chi connectivity index (χ1) is 25.2.